The first-order valence-corrected chi connectivity index (χ1v) is 5.69. The van der Waals surface area contributed by atoms with E-state index in [4.69, 9.17) is 0 Å². The molecule has 0 aliphatic carbocycles. The van der Waals surface area contributed by atoms with Gasteiger partial charge in [0.05, 0.1) is 0 Å². The minimum absolute atomic E-state index is 0.432. The van der Waals surface area contributed by atoms with Gasteiger partial charge in [-0.1, -0.05) is 0 Å². The number of halogens is 1. The third kappa shape index (κ3) is 2.28. The zero-order valence-corrected chi connectivity index (χ0v) is 9.14. The molecule has 15 heavy (non-hydrogen) atoms. The molecule has 7 heteroatoms. The van der Waals surface area contributed by atoms with Crippen LogP contribution in [0.15, 0.2) is 0 Å². The van der Waals surface area contributed by atoms with E-state index in [2.05, 4.69) is 0 Å². The molecule has 1 aliphatic rings. The fraction of sp³-hybridized carbons (Fsp3) is 0.625. The summed E-state index contributed by atoms with van der Waals surface area (Å²) in [5, 5.41) is 1.79. The quantitative estimate of drug-likeness (QED) is 0.706. The molecule has 1 rings (SSSR count). The normalized spacial score (nSPS) is 24.1. The highest BCUT2D eigenvalue weighted by atomic mass is 32.2. The predicted molar refractivity (Wildman–Crippen MR) is 53.1 cm³/mol. The van der Waals surface area contributed by atoms with Crippen LogP contribution in [0.4, 0.5) is 9.18 Å². The first-order chi connectivity index (χ1) is 6.99. The van der Waals surface area contributed by atoms with Crippen molar-refractivity contribution in [2.45, 2.75) is 19.1 Å². The van der Waals surface area contributed by atoms with Crippen LogP contribution >= 0.6 is 11.8 Å². The second-order valence-corrected chi connectivity index (χ2v) is 4.08. The van der Waals surface area contributed by atoms with Crippen LogP contribution in [0.5, 0.6) is 0 Å². The molecule has 0 radical (unpaired) electrons. The fourth-order valence-corrected chi connectivity index (χ4v) is 1.93. The molecular formula is C8H11FN2O3S. The lowest BCUT2D eigenvalue weighted by atomic mass is 10.2. The molecule has 1 saturated heterocycles. The predicted octanol–water partition coefficient (Wildman–Crippen LogP) is 0.154. The minimum atomic E-state index is -2.27. The van der Waals surface area contributed by atoms with Gasteiger partial charge in [-0.05, 0) is 13.2 Å². The van der Waals surface area contributed by atoms with E-state index >= 15 is 0 Å². The Morgan fingerprint density at radius 2 is 2.13 bits per heavy atom. The van der Waals surface area contributed by atoms with E-state index in [1.54, 1.807) is 18.5 Å². The lowest BCUT2D eigenvalue weighted by Crippen LogP contribution is -2.61. The molecule has 2 atom stereocenters. The molecule has 0 aromatic heterocycles. The lowest BCUT2D eigenvalue weighted by Gasteiger charge is -2.31. The van der Waals surface area contributed by atoms with E-state index in [0.29, 0.717) is 5.75 Å². The molecule has 5 nitrogen and oxygen atoms in total. The second-order valence-electron chi connectivity index (χ2n) is 3.17. The number of hydrogen-bond donors (Lipinski definition) is 1. The van der Waals surface area contributed by atoms with Crippen LogP contribution < -0.4 is 5.32 Å². The number of nitrogens with one attached hydrogen (secondary N) is 1. The number of nitrogens with zero attached hydrogens (tertiary/aromatic N) is 1. The Balaban J connectivity index is 2.83. The summed E-state index contributed by atoms with van der Waals surface area (Å²) >= 11 is 1.43. The number of carbonyl (C=O) groups is 3. The van der Waals surface area contributed by atoms with Crippen molar-refractivity contribution >= 4 is 29.6 Å². The number of carbonyl (C=O) groups excluding carboxylic acids is 3. The fourth-order valence-electron chi connectivity index (χ4n) is 1.30. The van der Waals surface area contributed by atoms with E-state index in [1.165, 1.54) is 11.8 Å². The zero-order valence-electron chi connectivity index (χ0n) is 8.32. The van der Waals surface area contributed by atoms with Gasteiger partial charge in [0.25, 0.3) is 18.0 Å². The van der Waals surface area contributed by atoms with Crippen LogP contribution in [0, 0.1) is 0 Å². The molecule has 84 valence electrons. The zero-order chi connectivity index (χ0) is 11.6. The van der Waals surface area contributed by atoms with Crippen LogP contribution in [0.1, 0.15) is 6.92 Å². The standard InChI is InChI=1S/C8H11FN2O3S/c1-4(3-15-2)11-7(13)5(9)6(12)10-8(11)14/h4-5H,3H2,1-2H3,(H,10,12,14). The Kier molecular flexibility index (Phi) is 3.67. The summed E-state index contributed by atoms with van der Waals surface area (Å²) in [6.07, 6.45) is -0.465. The molecule has 0 saturated carbocycles. The van der Waals surface area contributed by atoms with Crippen LogP contribution in [0.3, 0.4) is 0 Å². The summed E-state index contributed by atoms with van der Waals surface area (Å²) in [4.78, 5) is 34.1. The van der Waals surface area contributed by atoms with Crippen LogP contribution in [0.2, 0.25) is 0 Å². The highest BCUT2D eigenvalue weighted by Crippen LogP contribution is 2.13. The van der Waals surface area contributed by atoms with E-state index < -0.39 is 30.1 Å². The number of urea groups is 1. The smallest absolute Gasteiger partial charge is 0.275 e. The lowest BCUT2D eigenvalue weighted by molar-refractivity contribution is -0.144. The molecule has 1 fully saturated rings. The van der Waals surface area contributed by atoms with Gasteiger partial charge in [0, 0.05) is 11.8 Å². The Labute approximate surface area is 90.4 Å². The third-order valence-corrected chi connectivity index (χ3v) is 2.80. The van der Waals surface area contributed by atoms with Crippen molar-refractivity contribution in [1.82, 2.24) is 10.2 Å². The second kappa shape index (κ2) is 4.61. The SMILES string of the molecule is CSCC(C)N1C(=O)NC(=O)C(F)C1=O. The summed E-state index contributed by atoms with van der Waals surface area (Å²) in [5.74, 6) is -1.76. The number of alkyl halides is 1. The molecule has 1 heterocycles. The van der Waals surface area contributed by atoms with Gasteiger partial charge in [0.15, 0.2) is 0 Å². The van der Waals surface area contributed by atoms with Crippen molar-refractivity contribution in [1.29, 1.82) is 0 Å². The van der Waals surface area contributed by atoms with Crippen LogP contribution in [0.25, 0.3) is 0 Å². The first kappa shape index (κ1) is 12.0. The Morgan fingerprint density at radius 1 is 1.53 bits per heavy atom. The Bertz CT molecular complexity index is 310. The highest BCUT2D eigenvalue weighted by Gasteiger charge is 2.42. The van der Waals surface area contributed by atoms with Gasteiger partial charge in [-0.15, -0.1) is 0 Å². The summed E-state index contributed by atoms with van der Waals surface area (Å²) < 4.78 is 13.0. The Morgan fingerprint density at radius 3 is 2.67 bits per heavy atom. The average molecular weight is 234 g/mol. The van der Waals surface area contributed by atoms with Crippen LogP contribution in [-0.2, 0) is 9.59 Å². The van der Waals surface area contributed by atoms with E-state index in [-0.39, 0.29) is 0 Å². The summed E-state index contributed by atoms with van der Waals surface area (Å²) in [6.45, 7) is 1.62. The topological polar surface area (TPSA) is 66.5 Å². The highest BCUT2D eigenvalue weighted by molar-refractivity contribution is 7.98. The van der Waals surface area contributed by atoms with Crippen molar-refractivity contribution in [2.75, 3.05) is 12.0 Å². The molecule has 1 aliphatic heterocycles. The van der Waals surface area contributed by atoms with Crippen molar-refractivity contribution in [3.8, 4) is 0 Å². The van der Waals surface area contributed by atoms with Crippen LogP contribution in [-0.4, -0.2) is 47.0 Å². The van der Waals surface area contributed by atoms with Crippen molar-refractivity contribution in [3.05, 3.63) is 0 Å². The largest absolute Gasteiger partial charge is 0.331 e. The number of amides is 4. The maximum atomic E-state index is 13.0. The van der Waals surface area contributed by atoms with Crippen molar-refractivity contribution < 1.29 is 18.8 Å². The number of thioether (sulfide) groups is 1. The molecule has 0 spiro atoms. The van der Waals surface area contributed by atoms with Crippen molar-refractivity contribution in [3.63, 3.8) is 0 Å². The molecule has 0 aromatic carbocycles. The molecular weight excluding hydrogens is 223 g/mol. The van der Waals surface area contributed by atoms with Gasteiger partial charge >= 0.3 is 6.03 Å². The van der Waals surface area contributed by atoms with Gasteiger partial charge in [-0.25, -0.2) is 9.18 Å². The third-order valence-electron chi connectivity index (χ3n) is 1.98. The minimum Gasteiger partial charge on any atom is -0.275 e. The van der Waals surface area contributed by atoms with Gasteiger partial charge in [0.2, 0.25) is 0 Å². The van der Waals surface area contributed by atoms with E-state index in [0.717, 1.165) is 4.90 Å². The monoisotopic (exact) mass is 234 g/mol. The maximum absolute atomic E-state index is 13.0. The summed E-state index contributed by atoms with van der Waals surface area (Å²) in [6, 6.07) is -1.28. The maximum Gasteiger partial charge on any atom is 0.331 e. The first-order valence-electron chi connectivity index (χ1n) is 4.30. The molecule has 1 N–H and O–H groups in total. The average Bonchev–Trinajstić information content (AvgIpc) is 2.15. The molecule has 0 bridgehead atoms. The van der Waals surface area contributed by atoms with E-state index in [1.807, 2.05) is 0 Å². The molecule has 4 amide bonds. The number of barbiturate groups is 1. The summed E-state index contributed by atoms with van der Waals surface area (Å²) in [5.41, 5.74) is 0. The van der Waals surface area contributed by atoms with E-state index in [9.17, 15) is 18.8 Å². The number of rotatable bonds is 3. The number of imide groups is 2. The number of hydrogen-bond acceptors (Lipinski definition) is 4. The van der Waals surface area contributed by atoms with Crippen molar-refractivity contribution in [2.24, 2.45) is 0 Å². The summed E-state index contributed by atoms with van der Waals surface area (Å²) in [7, 11) is 0. The molecule has 0 aromatic rings. The molecule has 2 unspecified atom stereocenters. The van der Waals surface area contributed by atoms with Gasteiger partial charge < -0.3 is 0 Å². The van der Waals surface area contributed by atoms with Gasteiger partial charge in [-0.2, -0.15) is 11.8 Å². The Hall–Kier alpha value is -1.11. The van der Waals surface area contributed by atoms with Gasteiger partial charge in [-0.3, -0.25) is 19.8 Å². The van der Waals surface area contributed by atoms with Gasteiger partial charge in [0.1, 0.15) is 0 Å².